The Labute approximate surface area is 117 Å². The van der Waals surface area contributed by atoms with Gasteiger partial charge in [0.2, 0.25) is 5.91 Å². The van der Waals surface area contributed by atoms with Crippen LogP contribution < -0.4 is 0 Å². The van der Waals surface area contributed by atoms with Crippen molar-refractivity contribution in [3.8, 4) is 0 Å². The number of nitrogens with zero attached hydrogens (tertiary/aromatic N) is 1. The quantitative estimate of drug-likeness (QED) is 0.398. The SMILES string of the molecule is C=C(CC)CCCCCN1C(=O)C=CCC1=O.CC. The van der Waals surface area contributed by atoms with Gasteiger partial charge in [0.15, 0.2) is 0 Å². The average Bonchev–Trinajstić information content (AvgIpc) is 2.43. The van der Waals surface area contributed by atoms with Crippen molar-refractivity contribution >= 4 is 11.8 Å². The van der Waals surface area contributed by atoms with E-state index in [0.29, 0.717) is 13.0 Å². The molecule has 0 aromatic heterocycles. The highest BCUT2D eigenvalue weighted by Gasteiger charge is 2.20. The standard InChI is InChI=1S/C14H21NO2.C2H6/c1-3-12(2)8-5-4-6-11-15-13(16)9-7-10-14(15)17;1-2/h7,9H,2-6,8,10-11H2,1H3;1-2H3. The predicted octanol–water partition coefficient (Wildman–Crippen LogP) is 3.85. The molecule has 0 fully saturated rings. The van der Waals surface area contributed by atoms with Gasteiger partial charge in [-0.1, -0.05) is 45.4 Å². The minimum Gasteiger partial charge on any atom is -0.279 e. The molecule has 0 spiro atoms. The molecule has 1 rings (SSSR count). The Morgan fingerprint density at radius 3 is 2.53 bits per heavy atom. The number of carbonyl (C=O) groups is 2. The number of allylic oxidation sites excluding steroid dienone is 1. The molecular weight excluding hydrogens is 238 g/mol. The number of amides is 2. The Bertz CT molecular complexity index is 332. The van der Waals surface area contributed by atoms with Gasteiger partial charge in [0.05, 0.1) is 0 Å². The zero-order chi connectivity index (χ0) is 14.7. The molecule has 0 aliphatic carbocycles. The van der Waals surface area contributed by atoms with Crippen molar-refractivity contribution in [1.29, 1.82) is 0 Å². The van der Waals surface area contributed by atoms with E-state index in [-0.39, 0.29) is 11.8 Å². The number of unbranched alkanes of at least 4 members (excludes halogenated alkanes) is 2. The molecular formula is C16H27NO2. The maximum atomic E-state index is 11.5. The lowest BCUT2D eigenvalue weighted by atomic mass is 10.1. The fourth-order valence-corrected chi connectivity index (χ4v) is 1.82. The third kappa shape index (κ3) is 6.94. The predicted molar refractivity (Wildman–Crippen MR) is 79.7 cm³/mol. The lowest BCUT2D eigenvalue weighted by Gasteiger charge is -2.21. The van der Waals surface area contributed by atoms with Crippen LogP contribution in [0.2, 0.25) is 0 Å². The molecule has 0 saturated carbocycles. The first kappa shape index (κ1) is 17.6. The fraction of sp³-hybridized carbons (Fsp3) is 0.625. The van der Waals surface area contributed by atoms with Gasteiger partial charge >= 0.3 is 0 Å². The lowest BCUT2D eigenvalue weighted by Crippen LogP contribution is -2.38. The summed E-state index contributed by atoms with van der Waals surface area (Å²) < 4.78 is 0. The molecule has 3 heteroatoms. The fourth-order valence-electron chi connectivity index (χ4n) is 1.82. The van der Waals surface area contributed by atoms with Gasteiger partial charge in [-0.25, -0.2) is 0 Å². The smallest absolute Gasteiger partial charge is 0.252 e. The molecule has 0 N–H and O–H groups in total. The van der Waals surface area contributed by atoms with Gasteiger partial charge in [-0.3, -0.25) is 14.5 Å². The molecule has 19 heavy (non-hydrogen) atoms. The number of rotatable bonds is 7. The second-order valence-electron chi connectivity index (χ2n) is 4.40. The van der Waals surface area contributed by atoms with E-state index in [0.717, 1.165) is 32.1 Å². The van der Waals surface area contributed by atoms with Crippen molar-refractivity contribution in [2.45, 2.75) is 59.3 Å². The van der Waals surface area contributed by atoms with Crippen molar-refractivity contribution < 1.29 is 9.59 Å². The molecule has 1 aliphatic heterocycles. The van der Waals surface area contributed by atoms with E-state index in [1.807, 2.05) is 13.8 Å². The van der Waals surface area contributed by atoms with Crippen molar-refractivity contribution in [3.05, 3.63) is 24.3 Å². The van der Waals surface area contributed by atoms with Crippen LogP contribution in [0.1, 0.15) is 59.3 Å². The Hall–Kier alpha value is -1.38. The maximum Gasteiger partial charge on any atom is 0.252 e. The third-order valence-corrected chi connectivity index (χ3v) is 3.03. The van der Waals surface area contributed by atoms with Crippen LogP contribution in [-0.4, -0.2) is 23.3 Å². The summed E-state index contributed by atoms with van der Waals surface area (Å²) in [6, 6.07) is 0. The maximum absolute atomic E-state index is 11.5. The zero-order valence-corrected chi connectivity index (χ0v) is 12.6. The van der Waals surface area contributed by atoms with Gasteiger partial charge in [-0.05, 0) is 25.7 Å². The van der Waals surface area contributed by atoms with Gasteiger partial charge in [0, 0.05) is 19.0 Å². The Morgan fingerprint density at radius 1 is 1.26 bits per heavy atom. The zero-order valence-electron chi connectivity index (χ0n) is 12.6. The lowest BCUT2D eigenvalue weighted by molar-refractivity contribution is -0.142. The summed E-state index contributed by atoms with van der Waals surface area (Å²) in [5.74, 6) is -0.241. The van der Waals surface area contributed by atoms with Crippen molar-refractivity contribution in [3.63, 3.8) is 0 Å². The van der Waals surface area contributed by atoms with Gasteiger partial charge < -0.3 is 0 Å². The number of carbonyl (C=O) groups excluding carboxylic acids is 2. The molecule has 0 radical (unpaired) electrons. The highest BCUT2D eigenvalue weighted by Crippen LogP contribution is 2.12. The molecule has 108 valence electrons. The van der Waals surface area contributed by atoms with Crippen LogP contribution >= 0.6 is 0 Å². The monoisotopic (exact) mass is 265 g/mol. The molecule has 1 heterocycles. The third-order valence-electron chi connectivity index (χ3n) is 3.03. The van der Waals surface area contributed by atoms with Gasteiger partial charge in [-0.15, -0.1) is 0 Å². The van der Waals surface area contributed by atoms with Crippen LogP contribution in [0.3, 0.4) is 0 Å². The molecule has 2 amide bonds. The Morgan fingerprint density at radius 2 is 1.95 bits per heavy atom. The summed E-state index contributed by atoms with van der Waals surface area (Å²) in [5, 5.41) is 0. The van der Waals surface area contributed by atoms with Gasteiger partial charge in [0.1, 0.15) is 0 Å². The summed E-state index contributed by atoms with van der Waals surface area (Å²) >= 11 is 0. The molecule has 0 saturated heterocycles. The minimum atomic E-state index is -0.167. The Balaban J connectivity index is 0.00000154. The molecule has 0 bridgehead atoms. The van der Waals surface area contributed by atoms with E-state index in [4.69, 9.17) is 0 Å². The summed E-state index contributed by atoms with van der Waals surface area (Å²) in [4.78, 5) is 24.2. The minimum absolute atomic E-state index is 0.0736. The van der Waals surface area contributed by atoms with E-state index in [1.54, 1.807) is 6.08 Å². The Kier molecular flexibility index (Phi) is 9.77. The highest BCUT2D eigenvalue weighted by atomic mass is 16.2. The van der Waals surface area contributed by atoms with E-state index in [9.17, 15) is 9.59 Å². The highest BCUT2D eigenvalue weighted by molar-refractivity contribution is 6.04. The summed E-state index contributed by atoms with van der Waals surface area (Å²) in [6.45, 7) is 10.6. The molecule has 3 nitrogen and oxygen atoms in total. The molecule has 1 aliphatic rings. The first-order valence-corrected chi connectivity index (χ1v) is 7.32. The van der Waals surface area contributed by atoms with Crippen molar-refractivity contribution in [1.82, 2.24) is 4.90 Å². The van der Waals surface area contributed by atoms with E-state index < -0.39 is 0 Å². The van der Waals surface area contributed by atoms with E-state index in [1.165, 1.54) is 16.5 Å². The van der Waals surface area contributed by atoms with Crippen LogP contribution in [0.25, 0.3) is 0 Å². The topological polar surface area (TPSA) is 37.4 Å². The first-order valence-electron chi connectivity index (χ1n) is 7.32. The molecule has 0 aromatic carbocycles. The molecule has 0 aromatic rings. The first-order chi connectivity index (χ1) is 9.15. The van der Waals surface area contributed by atoms with Crippen molar-refractivity contribution in [2.75, 3.05) is 6.54 Å². The van der Waals surface area contributed by atoms with Crippen LogP contribution in [0.15, 0.2) is 24.3 Å². The van der Waals surface area contributed by atoms with E-state index in [2.05, 4.69) is 13.5 Å². The van der Waals surface area contributed by atoms with Crippen LogP contribution in [-0.2, 0) is 9.59 Å². The summed E-state index contributed by atoms with van der Waals surface area (Å²) in [5.41, 5.74) is 1.28. The van der Waals surface area contributed by atoms with Crippen molar-refractivity contribution in [2.24, 2.45) is 0 Å². The molecule has 0 unspecified atom stereocenters. The number of imide groups is 1. The number of hydrogen-bond acceptors (Lipinski definition) is 2. The second-order valence-corrected chi connectivity index (χ2v) is 4.40. The van der Waals surface area contributed by atoms with E-state index >= 15 is 0 Å². The number of hydrogen-bond donors (Lipinski definition) is 0. The van der Waals surface area contributed by atoms with Gasteiger partial charge in [0.25, 0.3) is 5.91 Å². The van der Waals surface area contributed by atoms with Crippen LogP contribution in [0, 0.1) is 0 Å². The van der Waals surface area contributed by atoms with Crippen LogP contribution in [0.5, 0.6) is 0 Å². The summed E-state index contributed by atoms with van der Waals surface area (Å²) in [6.07, 6.45) is 8.60. The van der Waals surface area contributed by atoms with Crippen LogP contribution in [0.4, 0.5) is 0 Å². The molecule has 0 atom stereocenters. The summed E-state index contributed by atoms with van der Waals surface area (Å²) in [7, 11) is 0. The normalized spacial score (nSPS) is 14.2. The second kappa shape index (κ2) is 10.5. The largest absolute Gasteiger partial charge is 0.279 e. The average molecular weight is 265 g/mol. The van der Waals surface area contributed by atoms with Gasteiger partial charge in [-0.2, -0.15) is 0 Å².